The molecule has 0 spiro atoms. The monoisotopic (exact) mass is 493 g/mol. The maximum absolute atomic E-state index is 12.8. The van der Waals surface area contributed by atoms with Gasteiger partial charge < -0.3 is 14.9 Å². The van der Waals surface area contributed by atoms with Crippen molar-refractivity contribution in [1.82, 2.24) is 0 Å². The lowest BCUT2D eigenvalue weighted by molar-refractivity contribution is 0.0697. The van der Waals surface area contributed by atoms with Gasteiger partial charge in [0.2, 0.25) is 0 Å². The first-order valence-corrected chi connectivity index (χ1v) is 13.2. The molecule has 0 aromatic heterocycles. The molecule has 1 saturated heterocycles. The van der Waals surface area contributed by atoms with Crippen LogP contribution < -0.4 is 14.5 Å². The number of sulfonamides is 1. The number of benzene rings is 3. The highest BCUT2D eigenvalue weighted by Gasteiger charge is 2.24. The number of piperazine rings is 1. The number of aryl methyl sites for hydroxylation is 3. The van der Waals surface area contributed by atoms with Crippen LogP contribution in [0.15, 0.2) is 65.6 Å². The topological polar surface area (TPSA) is 90.0 Å². The van der Waals surface area contributed by atoms with Crippen molar-refractivity contribution in [2.24, 2.45) is 0 Å². The van der Waals surface area contributed by atoms with Gasteiger partial charge in [0, 0.05) is 37.6 Å². The zero-order chi connectivity index (χ0) is 25.2. The van der Waals surface area contributed by atoms with Gasteiger partial charge >= 0.3 is 5.97 Å². The second-order valence-corrected chi connectivity index (χ2v) is 10.6. The Balaban J connectivity index is 1.52. The van der Waals surface area contributed by atoms with E-state index in [2.05, 4.69) is 41.7 Å². The second kappa shape index (κ2) is 10.00. The molecule has 0 atom stereocenters. The molecule has 3 aromatic carbocycles. The van der Waals surface area contributed by atoms with Crippen molar-refractivity contribution in [3.63, 3.8) is 0 Å². The number of rotatable bonds is 7. The van der Waals surface area contributed by atoms with E-state index < -0.39 is 16.0 Å². The van der Waals surface area contributed by atoms with Gasteiger partial charge in [0.05, 0.1) is 16.1 Å². The zero-order valence-corrected chi connectivity index (χ0v) is 21.1. The van der Waals surface area contributed by atoms with Crippen LogP contribution in [0.3, 0.4) is 0 Å². The molecular formula is C27H31N3O4S. The van der Waals surface area contributed by atoms with Gasteiger partial charge in [-0.15, -0.1) is 0 Å². The SMILES string of the molecule is CCc1ccc(S(=O)(=O)Nc2ccc(N3CCN(c4cc(C)ccc4C)CC3)c(C(=O)O)c2)cc1. The molecule has 0 unspecified atom stereocenters. The third-order valence-corrected chi connectivity index (χ3v) is 7.84. The van der Waals surface area contributed by atoms with Crippen LogP contribution in [0.4, 0.5) is 17.1 Å². The van der Waals surface area contributed by atoms with Crippen LogP contribution in [0.1, 0.15) is 34.0 Å². The van der Waals surface area contributed by atoms with Gasteiger partial charge in [-0.3, -0.25) is 4.72 Å². The Kier molecular flexibility index (Phi) is 7.03. The van der Waals surface area contributed by atoms with Gasteiger partial charge in [0.25, 0.3) is 10.0 Å². The number of hydrogen-bond acceptors (Lipinski definition) is 5. The largest absolute Gasteiger partial charge is 0.478 e. The van der Waals surface area contributed by atoms with Gasteiger partial charge in [0.15, 0.2) is 0 Å². The second-order valence-electron chi connectivity index (χ2n) is 8.90. The molecule has 1 fully saturated rings. The van der Waals surface area contributed by atoms with Crippen molar-refractivity contribution in [3.8, 4) is 0 Å². The molecule has 35 heavy (non-hydrogen) atoms. The lowest BCUT2D eigenvalue weighted by Gasteiger charge is -2.38. The molecule has 0 amide bonds. The lowest BCUT2D eigenvalue weighted by atomic mass is 10.1. The molecule has 4 rings (SSSR count). The molecule has 0 bridgehead atoms. The molecule has 0 radical (unpaired) electrons. The highest BCUT2D eigenvalue weighted by Crippen LogP contribution is 2.29. The number of carboxylic acid groups (broad SMARTS) is 1. The van der Waals surface area contributed by atoms with Gasteiger partial charge in [0.1, 0.15) is 0 Å². The van der Waals surface area contributed by atoms with Crippen LogP contribution in [0.25, 0.3) is 0 Å². The summed E-state index contributed by atoms with van der Waals surface area (Å²) in [5, 5.41) is 9.88. The lowest BCUT2D eigenvalue weighted by Crippen LogP contribution is -2.47. The first-order valence-electron chi connectivity index (χ1n) is 11.7. The summed E-state index contributed by atoms with van der Waals surface area (Å²) < 4.78 is 28.2. The van der Waals surface area contributed by atoms with Crippen LogP contribution in [-0.4, -0.2) is 45.7 Å². The maximum atomic E-state index is 12.8. The summed E-state index contributed by atoms with van der Waals surface area (Å²) in [5.41, 5.74) is 5.57. The van der Waals surface area contributed by atoms with E-state index in [1.165, 1.54) is 22.9 Å². The summed E-state index contributed by atoms with van der Waals surface area (Å²) >= 11 is 0. The standard InChI is InChI=1S/C27H31N3O4S/c1-4-21-7-10-23(11-8-21)35(33,34)28-22-9-12-25(24(18-22)27(31)32)29-13-15-30(16-14-29)26-17-19(2)5-6-20(26)3/h5-12,17-18,28H,4,13-16H2,1-3H3,(H,31,32). The molecule has 2 N–H and O–H groups in total. The third-order valence-electron chi connectivity index (χ3n) is 6.45. The third kappa shape index (κ3) is 5.43. The highest BCUT2D eigenvalue weighted by molar-refractivity contribution is 7.92. The predicted molar refractivity (Wildman–Crippen MR) is 140 cm³/mol. The van der Waals surface area contributed by atoms with E-state index in [4.69, 9.17) is 0 Å². The number of hydrogen-bond donors (Lipinski definition) is 2. The van der Waals surface area contributed by atoms with Crippen LogP contribution in [0.2, 0.25) is 0 Å². The average molecular weight is 494 g/mol. The van der Waals surface area contributed by atoms with Crippen molar-refractivity contribution < 1.29 is 18.3 Å². The summed E-state index contributed by atoms with van der Waals surface area (Å²) in [6.07, 6.45) is 0.816. The van der Waals surface area contributed by atoms with E-state index in [0.717, 1.165) is 25.1 Å². The minimum Gasteiger partial charge on any atom is -0.478 e. The molecule has 7 nitrogen and oxygen atoms in total. The summed E-state index contributed by atoms with van der Waals surface area (Å²) in [7, 11) is -3.83. The fraction of sp³-hybridized carbons (Fsp3) is 0.296. The minimum atomic E-state index is -3.83. The molecule has 0 aliphatic carbocycles. The van der Waals surface area contributed by atoms with E-state index in [0.29, 0.717) is 18.8 Å². The fourth-order valence-electron chi connectivity index (χ4n) is 4.41. The highest BCUT2D eigenvalue weighted by atomic mass is 32.2. The molecule has 0 saturated carbocycles. The summed E-state index contributed by atoms with van der Waals surface area (Å²) in [6, 6.07) is 17.8. The Morgan fingerprint density at radius 2 is 1.51 bits per heavy atom. The van der Waals surface area contributed by atoms with Crippen LogP contribution in [0.5, 0.6) is 0 Å². The van der Waals surface area contributed by atoms with E-state index in [1.807, 2.05) is 11.8 Å². The molecule has 1 aliphatic rings. The fourth-order valence-corrected chi connectivity index (χ4v) is 5.46. The Labute approximate surface area is 207 Å². The van der Waals surface area contributed by atoms with E-state index >= 15 is 0 Å². The zero-order valence-electron chi connectivity index (χ0n) is 20.3. The molecule has 1 heterocycles. The summed E-state index contributed by atoms with van der Waals surface area (Å²) in [5.74, 6) is -1.09. The number of aromatic carboxylic acids is 1. The van der Waals surface area contributed by atoms with Crippen molar-refractivity contribution in [2.45, 2.75) is 32.1 Å². The molecular weight excluding hydrogens is 462 g/mol. The molecule has 3 aromatic rings. The van der Waals surface area contributed by atoms with Crippen molar-refractivity contribution >= 4 is 33.1 Å². The van der Waals surface area contributed by atoms with Crippen LogP contribution >= 0.6 is 0 Å². The number of nitrogens with one attached hydrogen (secondary N) is 1. The normalized spacial score (nSPS) is 14.1. The number of carboxylic acids is 1. The summed E-state index contributed by atoms with van der Waals surface area (Å²) in [4.78, 5) is 16.6. The minimum absolute atomic E-state index is 0.0757. The Morgan fingerprint density at radius 1 is 0.886 bits per heavy atom. The number of anilines is 3. The van der Waals surface area contributed by atoms with Crippen molar-refractivity contribution in [3.05, 3.63) is 82.9 Å². The first-order chi connectivity index (χ1) is 16.7. The van der Waals surface area contributed by atoms with E-state index in [9.17, 15) is 18.3 Å². The number of nitrogens with zero attached hydrogens (tertiary/aromatic N) is 2. The van der Waals surface area contributed by atoms with Crippen LogP contribution in [0, 0.1) is 13.8 Å². The maximum Gasteiger partial charge on any atom is 0.337 e. The van der Waals surface area contributed by atoms with E-state index in [-0.39, 0.29) is 16.1 Å². The number of carbonyl (C=O) groups is 1. The van der Waals surface area contributed by atoms with Gasteiger partial charge in [-0.25, -0.2) is 13.2 Å². The van der Waals surface area contributed by atoms with Gasteiger partial charge in [-0.1, -0.05) is 31.2 Å². The molecule has 1 aliphatic heterocycles. The molecule has 8 heteroatoms. The van der Waals surface area contributed by atoms with E-state index in [1.54, 1.807) is 36.4 Å². The smallest absolute Gasteiger partial charge is 0.337 e. The predicted octanol–water partition coefficient (Wildman–Crippen LogP) is 4.69. The Hall–Kier alpha value is -3.52. The quantitative estimate of drug-likeness (QED) is 0.496. The van der Waals surface area contributed by atoms with Gasteiger partial charge in [-0.2, -0.15) is 0 Å². The van der Waals surface area contributed by atoms with Crippen molar-refractivity contribution in [1.29, 1.82) is 0 Å². The Bertz CT molecular complexity index is 1330. The Morgan fingerprint density at radius 3 is 2.11 bits per heavy atom. The average Bonchev–Trinajstić information content (AvgIpc) is 2.85. The van der Waals surface area contributed by atoms with Crippen molar-refractivity contribution in [2.75, 3.05) is 40.7 Å². The molecule has 184 valence electrons. The van der Waals surface area contributed by atoms with Gasteiger partial charge in [-0.05, 0) is 73.4 Å². The van der Waals surface area contributed by atoms with Crippen LogP contribution in [-0.2, 0) is 16.4 Å². The first kappa shape index (κ1) is 24.6. The summed E-state index contributed by atoms with van der Waals surface area (Å²) in [6.45, 7) is 9.05.